The molecule has 0 spiro atoms. The highest BCUT2D eigenvalue weighted by Gasteiger charge is 2.22. The van der Waals surface area contributed by atoms with Gasteiger partial charge < -0.3 is 14.6 Å². The number of fused-ring (bicyclic) bond motifs is 1. The Labute approximate surface area is 165 Å². The molecule has 146 valence electrons. The van der Waals surface area contributed by atoms with Crippen LogP contribution >= 0.6 is 0 Å². The second kappa shape index (κ2) is 9.22. The quantitative estimate of drug-likeness (QED) is 0.611. The highest BCUT2D eigenvalue weighted by molar-refractivity contribution is 5.87. The zero-order chi connectivity index (χ0) is 19.9. The number of benzene rings is 2. The third-order valence-electron chi connectivity index (χ3n) is 4.87. The zero-order valence-corrected chi connectivity index (χ0v) is 16.4. The van der Waals surface area contributed by atoms with Gasteiger partial charge in [-0.2, -0.15) is 0 Å². The Balaban J connectivity index is 1.79. The van der Waals surface area contributed by atoms with Crippen molar-refractivity contribution in [2.24, 2.45) is 0 Å². The average Bonchev–Trinajstić information content (AvgIpc) is 3.05. The van der Waals surface area contributed by atoms with Crippen LogP contribution in [0.25, 0.3) is 10.9 Å². The molecule has 0 saturated carbocycles. The summed E-state index contributed by atoms with van der Waals surface area (Å²) in [4.78, 5) is 23.6. The van der Waals surface area contributed by atoms with Crippen molar-refractivity contribution >= 4 is 22.8 Å². The zero-order valence-electron chi connectivity index (χ0n) is 16.4. The number of methoxy groups -OCH3 is 1. The van der Waals surface area contributed by atoms with Gasteiger partial charge in [-0.25, -0.2) is 4.79 Å². The van der Waals surface area contributed by atoms with Gasteiger partial charge in [0.25, 0.3) is 0 Å². The van der Waals surface area contributed by atoms with Gasteiger partial charge in [-0.05, 0) is 30.0 Å². The molecular weight excluding hydrogens is 352 g/mol. The van der Waals surface area contributed by atoms with Crippen LogP contribution in [0.2, 0.25) is 0 Å². The van der Waals surface area contributed by atoms with Crippen molar-refractivity contribution in [1.29, 1.82) is 0 Å². The molecule has 5 heteroatoms. The van der Waals surface area contributed by atoms with Crippen molar-refractivity contribution in [3.63, 3.8) is 0 Å². The van der Waals surface area contributed by atoms with Crippen LogP contribution in [0.1, 0.15) is 24.5 Å². The topological polar surface area (TPSA) is 60.3 Å². The van der Waals surface area contributed by atoms with E-state index in [2.05, 4.69) is 52.5 Å². The molecule has 0 aliphatic carbocycles. The average molecular weight is 378 g/mol. The summed E-state index contributed by atoms with van der Waals surface area (Å²) in [6.07, 6.45) is 4.53. The van der Waals surface area contributed by atoms with Gasteiger partial charge in [0.15, 0.2) is 0 Å². The summed E-state index contributed by atoms with van der Waals surface area (Å²) < 4.78 is 7.09. The molecule has 3 aromatic rings. The molecule has 0 saturated heterocycles. The normalized spacial score (nSPS) is 11.9. The Bertz CT molecular complexity index is 947. The van der Waals surface area contributed by atoms with Gasteiger partial charge in [-0.15, -0.1) is 0 Å². The van der Waals surface area contributed by atoms with E-state index in [1.54, 1.807) is 0 Å². The van der Waals surface area contributed by atoms with Crippen molar-refractivity contribution in [2.45, 2.75) is 38.8 Å². The molecule has 5 nitrogen and oxygen atoms in total. The molecule has 0 aliphatic rings. The van der Waals surface area contributed by atoms with E-state index in [1.165, 1.54) is 19.6 Å². The van der Waals surface area contributed by atoms with Gasteiger partial charge in [0.05, 0.1) is 7.11 Å². The van der Waals surface area contributed by atoms with Crippen LogP contribution in [0.15, 0.2) is 60.8 Å². The molecule has 0 bridgehead atoms. The van der Waals surface area contributed by atoms with Crippen LogP contribution in [0.3, 0.4) is 0 Å². The van der Waals surface area contributed by atoms with Crippen molar-refractivity contribution in [3.05, 3.63) is 71.9 Å². The number of rotatable bonds is 8. The maximum atomic E-state index is 12.1. The highest BCUT2D eigenvalue weighted by atomic mass is 16.5. The van der Waals surface area contributed by atoms with Gasteiger partial charge in [0.1, 0.15) is 6.04 Å². The number of esters is 1. The lowest BCUT2D eigenvalue weighted by Gasteiger charge is -2.14. The Hall–Kier alpha value is -3.08. The molecule has 0 radical (unpaired) electrons. The minimum Gasteiger partial charge on any atom is -0.467 e. The Morgan fingerprint density at radius 3 is 2.50 bits per heavy atom. The van der Waals surface area contributed by atoms with E-state index in [0.29, 0.717) is 6.42 Å². The second-order valence-corrected chi connectivity index (χ2v) is 6.93. The minimum atomic E-state index is -0.689. The Kier molecular flexibility index (Phi) is 6.48. The summed E-state index contributed by atoms with van der Waals surface area (Å²) in [5.41, 5.74) is 3.49. The lowest BCUT2D eigenvalue weighted by atomic mass is 10.1. The van der Waals surface area contributed by atoms with Gasteiger partial charge >= 0.3 is 5.97 Å². The fourth-order valence-electron chi connectivity index (χ4n) is 3.57. The number of ether oxygens (including phenoxy) is 1. The predicted octanol–water partition coefficient (Wildman–Crippen LogP) is 3.49. The number of nitrogens with one attached hydrogen (secondary N) is 1. The molecule has 1 amide bonds. The predicted molar refractivity (Wildman–Crippen MR) is 110 cm³/mol. The van der Waals surface area contributed by atoms with E-state index < -0.39 is 12.0 Å². The lowest BCUT2D eigenvalue weighted by Crippen LogP contribution is -2.41. The van der Waals surface area contributed by atoms with Crippen LogP contribution in [0.4, 0.5) is 0 Å². The van der Waals surface area contributed by atoms with E-state index in [9.17, 15) is 9.59 Å². The first-order chi connectivity index (χ1) is 13.6. The summed E-state index contributed by atoms with van der Waals surface area (Å²) in [7, 11) is 1.34. The number of hydrogen-bond acceptors (Lipinski definition) is 3. The molecule has 28 heavy (non-hydrogen) atoms. The molecule has 1 aromatic heterocycles. The van der Waals surface area contributed by atoms with E-state index in [0.717, 1.165) is 35.9 Å². The maximum Gasteiger partial charge on any atom is 0.328 e. The van der Waals surface area contributed by atoms with Gasteiger partial charge in [-0.3, -0.25) is 4.79 Å². The first-order valence-corrected chi connectivity index (χ1v) is 9.54. The first kappa shape index (κ1) is 19.7. The maximum absolute atomic E-state index is 12.1. The van der Waals surface area contributed by atoms with Crippen molar-refractivity contribution in [3.8, 4) is 0 Å². The minimum absolute atomic E-state index is 0.248. The third-order valence-corrected chi connectivity index (χ3v) is 4.87. The summed E-state index contributed by atoms with van der Waals surface area (Å²) in [5, 5.41) is 3.79. The molecule has 2 aromatic carbocycles. The smallest absolute Gasteiger partial charge is 0.328 e. The summed E-state index contributed by atoms with van der Waals surface area (Å²) in [6, 6.07) is 17.9. The number of amides is 1. The fraction of sp³-hybridized carbons (Fsp3) is 0.304. The molecule has 1 heterocycles. The van der Waals surface area contributed by atoms with E-state index >= 15 is 0 Å². The highest BCUT2D eigenvalue weighted by Crippen LogP contribution is 2.23. The molecule has 0 fully saturated rings. The van der Waals surface area contributed by atoms with Crippen LogP contribution in [-0.4, -0.2) is 29.6 Å². The number of aromatic nitrogens is 1. The van der Waals surface area contributed by atoms with E-state index in [4.69, 9.17) is 4.74 Å². The Morgan fingerprint density at radius 1 is 1.07 bits per heavy atom. The molecule has 1 atom stereocenters. The number of para-hydroxylation sites is 1. The number of aryl methyl sites for hydroxylation is 2. The van der Waals surface area contributed by atoms with Gasteiger partial charge in [0.2, 0.25) is 5.91 Å². The van der Waals surface area contributed by atoms with Crippen molar-refractivity contribution < 1.29 is 14.3 Å². The first-order valence-electron chi connectivity index (χ1n) is 9.54. The summed E-state index contributed by atoms with van der Waals surface area (Å²) in [5.74, 6) is -0.682. The van der Waals surface area contributed by atoms with Crippen molar-refractivity contribution in [1.82, 2.24) is 9.88 Å². The number of nitrogens with zero attached hydrogens (tertiary/aromatic N) is 1. The van der Waals surface area contributed by atoms with Crippen LogP contribution in [-0.2, 0) is 33.7 Å². The van der Waals surface area contributed by atoms with E-state index in [-0.39, 0.29) is 5.91 Å². The largest absolute Gasteiger partial charge is 0.467 e. The van der Waals surface area contributed by atoms with Crippen LogP contribution in [0, 0.1) is 0 Å². The third kappa shape index (κ3) is 4.80. The summed E-state index contributed by atoms with van der Waals surface area (Å²) >= 11 is 0. The SMILES string of the molecule is COC(=O)[C@H](Cc1cn(CCCc2ccccc2)c2ccccc12)NC(C)=O. The number of hydrogen-bond donors (Lipinski definition) is 1. The second-order valence-electron chi connectivity index (χ2n) is 6.93. The van der Waals surface area contributed by atoms with Crippen molar-refractivity contribution in [2.75, 3.05) is 7.11 Å². The monoisotopic (exact) mass is 378 g/mol. The Morgan fingerprint density at radius 2 is 1.79 bits per heavy atom. The molecule has 0 unspecified atom stereocenters. The lowest BCUT2D eigenvalue weighted by molar-refractivity contribution is -0.144. The summed E-state index contributed by atoms with van der Waals surface area (Å²) in [6.45, 7) is 2.29. The number of carbonyl (C=O) groups excluding carboxylic acids is 2. The molecule has 3 rings (SSSR count). The molecule has 0 aliphatic heterocycles. The molecule has 1 N–H and O–H groups in total. The van der Waals surface area contributed by atoms with Crippen LogP contribution in [0.5, 0.6) is 0 Å². The molecular formula is C23H26N2O3. The van der Waals surface area contributed by atoms with Gasteiger partial charge in [0, 0.05) is 37.0 Å². The van der Waals surface area contributed by atoms with E-state index in [1.807, 2.05) is 18.2 Å². The van der Waals surface area contributed by atoms with Gasteiger partial charge in [-0.1, -0.05) is 48.5 Å². The number of carbonyl (C=O) groups is 2. The van der Waals surface area contributed by atoms with Crippen LogP contribution < -0.4 is 5.32 Å². The fourth-order valence-corrected chi connectivity index (χ4v) is 3.57. The standard InChI is InChI=1S/C23H26N2O3/c1-17(26)24-21(23(27)28-2)15-19-16-25(22-13-7-6-12-20(19)22)14-8-11-18-9-4-3-5-10-18/h3-7,9-10,12-13,16,21H,8,11,14-15H2,1-2H3,(H,24,26)/t21-/m0/s1.